The molecule has 2 amide bonds. The van der Waals surface area contributed by atoms with Crippen LogP contribution in [0.4, 0.5) is 4.79 Å². The van der Waals surface area contributed by atoms with Crippen molar-refractivity contribution in [1.82, 2.24) is 15.2 Å². The van der Waals surface area contributed by atoms with E-state index >= 15 is 0 Å². The summed E-state index contributed by atoms with van der Waals surface area (Å²) in [4.78, 5) is 18.6. The predicted octanol–water partition coefficient (Wildman–Crippen LogP) is 3.53. The second kappa shape index (κ2) is 9.34. The molecule has 0 spiro atoms. The molecule has 0 bridgehead atoms. The lowest BCUT2D eigenvalue weighted by Crippen LogP contribution is -2.45. The number of urea groups is 1. The number of hydrogen-bond acceptors (Lipinski definition) is 3. The van der Waals surface area contributed by atoms with Gasteiger partial charge in [0, 0.05) is 44.6 Å². The monoisotopic (exact) mass is 355 g/mol. The van der Waals surface area contributed by atoms with Crippen molar-refractivity contribution in [2.24, 2.45) is 0 Å². The molecule has 0 atom stereocenters. The van der Waals surface area contributed by atoms with Gasteiger partial charge >= 0.3 is 6.03 Å². The van der Waals surface area contributed by atoms with Crippen LogP contribution in [-0.4, -0.2) is 42.7 Å². The summed E-state index contributed by atoms with van der Waals surface area (Å²) in [5.74, 6) is 0. The van der Waals surface area contributed by atoms with E-state index in [1.807, 2.05) is 24.3 Å². The van der Waals surface area contributed by atoms with E-state index in [9.17, 15) is 4.79 Å². The highest BCUT2D eigenvalue weighted by Crippen LogP contribution is 2.25. The van der Waals surface area contributed by atoms with E-state index in [0.717, 1.165) is 5.56 Å². The normalized spacial score (nSPS) is 11.2. The van der Waals surface area contributed by atoms with E-state index in [1.54, 1.807) is 24.4 Å². The lowest BCUT2D eigenvalue weighted by Gasteiger charge is -2.30. The number of aromatic nitrogens is 1. The summed E-state index contributed by atoms with van der Waals surface area (Å²) in [6, 6.07) is 12.1. The number of methoxy groups -OCH3 is 1. The van der Waals surface area contributed by atoms with Crippen molar-refractivity contribution >= 4 is 6.03 Å². The van der Waals surface area contributed by atoms with Crippen LogP contribution < -0.4 is 5.32 Å². The van der Waals surface area contributed by atoms with Crippen LogP contribution in [0.3, 0.4) is 0 Å². The zero-order valence-corrected chi connectivity index (χ0v) is 16.2. The minimum atomic E-state index is -0.151. The van der Waals surface area contributed by atoms with Crippen molar-refractivity contribution in [3.63, 3.8) is 0 Å². The molecule has 2 aromatic rings. The highest BCUT2D eigenvalue weighted by atomic mass is 16.5. The van der Waals surface area contributed by atoms with Crippen LogP contribution in [0.15, 0.2) is 48.8 Å². The van der Waals surface area contributed by atoms with E-state index in [2.05, 4.69) is 43.2 Å². The first kappa shape index (κ1) is 19.9. The SMILES string of the molecule is COCCN(Cc1cccnc1)C(=O)NCC(C)(C)c1ccccc1C. The van der Waals surface area contributed by atoms with Gasteiger partial charge in [-0.05, 0) is 29.7 Å². The quantitative estimate of drug-likeness (QED) is 0.788. The summed E-state index contributed by atoms with van der Waals surface area (Å²) in [6.45, 7) is 8.50. The number of hydrogen-bond donors (Lipinski definition) is 1. The van der Waals surface area contributed by atoms with Crippen LogP contribution in [-0.2, 0) is 16.7 Å². The lowest BCUT2D eigenvalue weighted by molar-refractivity contribution is 0.145. The molecule has 0 fully saturated rings. The van der Waals surface area contributed by atoms with Gasteiger partial charge in [0.05, 0.1) is 6.61 Å². The van der Waals surface area contributed by atoms with Crippen molar-refractivity contribution in [2.75, 3.05) is 26.8 Å². The van der Waals surface area contributed by atoms with E-state index in [0.29, 0.717) is 26.2 Å². The zero-order valence-electron chi connectivity index (χ0n) is 16.2. The van der Waals surface area contributed by atoms with Crippen molar-refractivity contribution in [3.8, 4) is 0 Å². The van der Waals surface area contributed by atoms with E-state index in [-0.39, 0.29) is 11.4 Å². The molecule has 1 N–H and O–H groups in total. The van der Waals surface area contributed by atoms with E-state index in [4.69, 9.17) is 4.74 Å². The third kappa shape index (κ3) is 5.56. The fraction of sp³-hybridized carbons (Fsp3) is 0.429. The minimum Gasteiger partial charge on any atom is -0.383 e. The molecule has 2 rings (SSSR count). The molecule has 0 aliphatic rings. The Bertz CT molecular complexity index is 701. The Kier molecular flexibility index (Phi) is 7.16. The number of pyridine rings is 1. The summed E-state index contributed by atoms with van der Waals surface area (Å²) in [5.41, 5.74) is 3.33. The van der Waals surface area contributed by atoms with Gasteiger partial charge in [0.1, 0.15) is 0 Å². The molecule has 0 aliphatic carbocycles. The topological polar surface area (TPSA) is 54.5 Å². The van der Waals surface area contributed by atoms with Gasteiger partial charge < -0.3 is 15.0 Å². The molecule has 0 saturated heterocycles. The van der Waals surface area contributed by atoms with Gasteiger partial charge in [-0.3, -0.25) is 4.98 Å². The highest BCUT2D eigenvalue weighted by molar-refractivity contribution is 5.74. The first-order valence-electron chi connectivity index (χ1n) is 8.91. The Morgan fingerprint density at radius 2 is 2.00 bits per heavy atom. The number of nitrogens with one attached hydrogen (secondary N) is 1. The van der Waals surface area contributed by atoms with Gasteiger partial charge in [0.25, 0.3) is 0 Å². The summed E-state index contributed by atoms with van der Waals surface area (Å²) < 4.78 is 5.15. The maximum Gasteiger partial charge on any atom is 0.317 e. The van der Waals surface area contributed by atoms with Crippen molar-refractivity contribution in [2.45, 2.75) is 32.7 Å². The molecule has 26 heavy (non-hydrogen) atoms. The number of carbonyl (C=O) groups excluding carboxylic acids is 1. The average molecular weight is 355 g/mol. The van der Waals surface area contributed by atoms with Crippen LogP contribution in [0.2, 0.25) is 0 Å². The highest BCUT2D eigenvalue weighted by Gasteiger charge is 2.24. The second-order valence-corrected chi connectivity index (χ2v) is 7.13. The minimum absolute atomic E-state index is 0.0902. The molecule has 5 heteroatoms. The summed E-state index contributed by atoms with van der Waals surface area (Å²) in [5, 5.41) is 3.09. The fourth-order valence-corrected chi connectivity index (χ4v) is 3.00. The van der Waals surface area contributed by atoms with Crippen LogP contribution in [0, 0.1) is 6.92 Å². The maximum absolute atomic E-state index is 12.8. The fourth-order valence-electron chi connectivity index (χ4n) is 3.00. The van der Waals surface area contributed by atoms with E-state index < -0.39 is 0 Å². The molecule has 1 aromatic heterocycles. The predicted molar refractivity (Wildman–Crippen MR) is 104 cm³/mol. The van der Waals surface area contributed by atoms with Crippen LogP contribution >= 0.6 is 0 Å². The average Bonchev–Trinajstić information content (AvgIpc) is 2.64. The number of carbonyl (C=O) groups is 1. The molecule has 0 unspecified atom stereocenters. The first-order valence-corrected chi connectivity index (χ1v) is 8.91. The number of rotatable bonds is 8. The van der Waals surface area contributed by atoms with Gasteiger partial charge in [0.15, 0.2) is 0 Å². The van der Waals surface area contributed by atoms with Gasteiger partial charge in [-0.25, -0.2) is 4.79 Å². The summed E-state index contributed by atoms with van der Waals surface area (Å²) in [6.07, 6.45) is 3.51. The first-order chi connectivity index (χ1) is 12.4. The standard InChI is InChI=1S/C21H29N3O2/c1-17-8-5-6-10-19(17)21(2,3)16-23-20(25)24(12-13-26-4)15-18-9-7-11-22-14-18/h5-11,14H,12-13,15-16H2,1-4H3,(H,23,25). The Labute approximate surface area is 156 Å². The Morgan fingerprint density at radius 3 is 2.65 bits per heavy atom. The van der Waals surface area contributed by atoms with Crippen LogP contribution in [0.5, 0.6) is 0 Å². The number of ether oxygens (including phenoxy) is 1. The Balaban J connectivity index is 2.03. The second-order valence-electron chi connectivity index (χ2n) is 7.13. The molecule has 1 heterocycles. The molecule has 0 radical (unpaired) electrons. The molecular weight excluding hydrogens is 326 g/mol. The molecule has 1 aromatic carbocycles. The summed E-state index contributed by atoms with van der Waals surface area (Å²) in [7, 11) is 1.64. The molecule has 0 saturated carbocycles. The van der Waals surface area contributed by atoms with Gasteiger partial charge in [-0.15, -0.1) is 0 Å². The summed E-state index contributed by atoms with van der Waals surface area (Å²) >= 11 is 0. The molecule has 140 valence electrons. The molecule has 5 nitrogen and oxygen atoms in total. The number of aryl methyl sites for hydroxylation is 1. The third-order valence-corrected chi connectivity index (χ3v) is 4.50. The molecular formula is C21H29N3O2. The van der Waals surface area contributed by atoms with Crippen molar-refractivity contribution < 1.29 is 9.53 Å². The number of nitrogens with zero attached hydrogens (tertiary/aromatic N) is 2. The zero-order chi connectivity index (χ0) is 19.0. The third-order valence-electron chi connectivity index (χ3n) is 4.50. The Morgan fingerprint density at radius 1 is 1.23 bits per heavy atom. The van der Waals surface area contributed by atoms with Crippen molar-refractivity contribution in [3.05, 3.63) is 65.5 Å². The molecule has 0 aliphatic heterocycles. The number of amides is 2. The Hall–Kier alpha value is -2.40. The van der Waals surface area contributed by atoms with Crippen LogP contribution in [0.1, 0.15) is 30.5 Å². The van der Waals surface area contributed by atoms with Gasteiger partial charge in [-0.1, -0.05) is 44.2 Å². The smallest absolute Gasteiger partial charge is 0.317 e. The maximum atomic E-state index is 12.8. The van der Waals surface area contributed by atoms with Crippen molar-refractivity contribution in [1.29, 1.82) is 0 Å². The van der Waals surface area contributed by atoms with Gasteiger partial charge in [-0.2, -0.15) is 0 Å². The number of benzene rings is 1. The lowest BCUT2D eigenvalue weighted by atomic mass is 9.82. The largest absolute Gasteiger partial charge is 0.383 e. The van der Waals surface area contributed by atoms with E-state index in [1.165, 1.54) is 11.1 Å². The van der Waals surface area contributed by atoms with Crippen LogP contribution in [0.25, 0.3) is 0 Å². The van der Waals surface area contributed by atoms with Gasteiger partial charge in [0.2, 0.25) is 0 Å².